The third kappa shape index (κ3) is 6.62. The van der Waals surface area contributed by atoms with Gasteiger partial charge in [-0.2, -0.15) is 0 Å². The molecule has 0 amide bonds. The third-order valence-corrected chi connectivity index (χ3v) is 7.75. The Morgan fingerprint density at radius 1 is 1.05 bits per heavy atom. The molecule has 0 spiro atoms. The number of benzene rings is 3. The first-order valence-corrected chi connectivity index (χ1v) is 13.8. The molecular formula is C31H37ClN2O4. The van der Waals surface area contributed by atoms with Gasteiger partial charge < -0.3 is 29.2 Å². The minimum Gasteiger partial charge on any atom is -0.490 e. The topological polar surface area (TPSA) is 52.2 Å². The molecular weight excluding hydrogens is 500 g/mol. The molecule has 202 valence electrons. The van der Waals surface area contributed by atoms with Crippen LogP contribution in [0.25, 0.3) is 0 Å². The van der Waals surface area contributed by atoms with Crippen molar-refractivity contribution < 1.29 is 18.9 Å². The van der Waals surface area contributed by atoms with Crippen LogP contribution in [0.15, 0.2) is 60.7 Å². The number of nitrogens with one attached hydrogen (secondary N) is 1. The van der Waals surface area contributed by atoms with Gasteiger partial charge in [0.05, 0.1) is 24.9 Å². The second-order valence-corrected chi connectivity index (χ2v) is 10.4. The zero-order chi connectivity index (χ0) is 26.3. The molecule has 3 aromatic rings. The van der Waals surface area contributed by atoms with E-state index in [2.05, 4.69) is 40.5 Å². The number of rotatable bonds is 10. The lowest BCUT2D eigenvalue weighted by Gasteiger charge is -2.33. The Morgan fingerprint density at radius 3 is 2.71 bits per heavy atom. The van der Waals surface area contributed by atoms with Crippen LogP contribution in [-0.4, -0.2) is 52.6 Å². The van der Waals surface area contributed by atoms with Gasteiger partial charge >= 0.3 is 0 Å². The summed E-state index contributed by atoms with van der Waals surface area (Å²) < 4.78 is 23.7. The van der Waals surface area contributed by atoms with E-state index in [1.54, 1.807) is 7.11 Å². The number of methoxy groups -OCH3 is 1. The summed E-state index contributed by atoms with van der Waals surface area (Å²) in [6.07, 6.45) is 2.13. The number of ether oxygens (including phenoxy) is 4. The molecule has 1 saturated heterocycles. The molecule has 2 atom stereocenters. The third-order valence-electron chi connectivity index (χ3n) is 7.32. The molecule has 1 N–H and O–H groups in total. The van der Waals surface area contributed by atoms with Crippen LogP contribution >= 0.6 is 11.6 Å². The molecule has 2 heterocycles. The first kappa shape index (κ1) is 26.8. The summed E-state index contributed by atoms with van der Waals surface area (Å²) in [7, 11) is 1.75. The van der Waals surface area contributed by atoms with Crippen molar-refractivity contribution in [2.24, 2.45) is 0 Å². The summed E-state index contributed by atoms with van der Waals surface area (Å²) in [6.45, 7) is 7.70. The average molecular weight is 537 g/mol. The van der Waals surface area contributed by atoms with Gasteiger partial charge in [-0.05, 0) is 85.5 Å². The van der Waals surface area contributed by atoms with Crippen LogP contribution in [-0.2, 0) is 16.1 Å². The molecule has 38 heavy (non-hydrogen) atoms. The highest BCUT2D eigenvalue weighted by Gasteiger charge is 2.27. The number of fused-ring (bicyclic) bond motifs is 1. The average Bonchev–Trinajstić information content (AvgIpc) is 2.95. The number of piperidine rings is 1. The highest BCUT2D eigenvalue weighted by Crippen LogP contribution is 2.34. The van der Waals surface area contributed by atoms with Crippen molar-refractivity contribution in [3.63, 3.8) is 0 Å². The van der Waals surface area contributed by atoms with Crippen LogP contribution in [0.4, 0.5) is 5.69 Å². The summed E-state index contributed by atoms with van der Waals surface area (Å²) in [6, 6.07) is 20.5. The largest absolute Gasteiger partial charge is 0.490 e. The molecule has 5 rings (SSSR count). The van der Waals surface area contributed by atoms with Gasteiger partial charge in [0.1, 0.15) is 23.9 Å². The van der Waals surface area contributed by atoms with Crippen molar-refractivity contribution in [1.29, 1.82) is 0 Å². The van der Waals surface area contributed by atoms with Crippen molar-refractivity contribution >= 4 is 17.3 Å². The monoisotopic (exact) mass is 536 g/mol. The van der Waals surface area contributed by atoms with Crippen molar-refractivity contribution in [2.75, 3.05) is 51.4 Å². The Hall–Kier alpha value is -2.77. The number of hydrogen-bond acceptors (Lipinski definition) is 6. The van der Waals surface area contributed by atoms with Crippen molar-refractivity contribution in [1.82, 2.24) is 5.32 Å². The summed E-state index contributed by atoms with van der Waals surface area (Å²) in [5.41, 5.74) is 4.59. The SMILES string of the molecule is COCCCN1CCOc2ccc(CO[C@H]3CNCC[C@@H]3c3ccc(Oc4ccc(Cl)c(C)c4)cc3)cc21. The van der Waals surface area contributed by atoms with E-state index in [1.165, 1.54) is 5.56 Å². The van der Waals surface area contributed by atoms with Crippen molar-refractivity contribution in [3.05, 3.63) is 82.4 Å². The predicted octanol–water partition coefficient (Wildman–Crippen LogP) is 6.34. The van der Waals surface area contributed by atoms with E-state index in [9.17, 15) is 0 Å². The molecule has 0 aliphatic carbocycles. The standard InChI is InChI=1S/C31H37ClN2O4/c1-22-18-26(9-10-28(22)32)38-25-7-5-24(6-8-25)27-12-13-33-20-31(27)37-21-23-4-11-30-29(19-23)34(15-17-36-30)14-3-16-35-2/h4-11,18-19,27,31,33H,3,12-17,20-21H2,1-2H3/t27-,31+/m1/s1. The number of halogens is 1. The van der Waals surface area contributed by atoms with Gasteiger partial charge in [-0.1, -0.05) is 29.8 Å². The lowest BCUT2D eigenvalue weighted by molar-refractivity contribution is 0.0106. The van der Waals surface area contributed by atoms with Gasteiger partial charge in [-0.25, -0.2) is 0 Å². The Bertz CT molecular complexity index is 1200. The van der Waals surface area contributed by atoms with Crippen LogP contribution in [0.3, 0.4) is 0 Å². The fraction of sp³-hybridized carbons (Fsp3) is 0.419. The van der Waals surface area contributed by atoms with Crippen LogP contribution in [0.2, 0.25) is 5.02 Å². The Balaban J connectivity index is 1.22. The van der Waals surface area contributed by atoms with E-state index in [-0.39, 0.29) is 6.10 Å². The minimum atomic E-state index is 0.0968. The van der Waals surface area contributed by atoms with E-state index in [0.717, 1.165) is 84.7 Å². The van der Waals surface area contributed by atoms with Crippen molar-refractivity contribution in [2.45, 2.75) is 38.4 Å². The smallest absolute Gasteiger partial charge is 0.142 e. The lowest BCUT2D eigenvalue weighted by Crippen LogP contribution is -2.41. The van der Waals surface area contributed by atoms with E-state index < -0.39 is 0 Å². The summed E-state index contributed by atoms with van der Waals surface area (Å²) >= 11 is 6.15. The minimum absolute atomic E-state index is 0.0968. The van der Waals surface area contributed by atoms with Crippen molar-refractivity contribution in [3.8, 4) is 17.2 Å². The lowest BCUT2D eigenvalue weighted by atomic mass is 9.87. The maximum Gasteiger partial charge on any atom is 0.142 e. The van der Waals surface area contributed by atoms with Gasteiger partial charge in [0.25, 0.3) is 0 Å². The van der Waals surface area contributed by atoms with Gasteiger partial charge in [0.15, 0.2) is 0 Å². The van der Waals surface area contributed by atoms with Gasteiger partial charge in [0.2, 0.25) is 0 Å². The molecule has 7 heteroatoms. The zero-order valence-electron chi connectivity index (χ0n) is 22.3. The summed E-state index contributed by atoms with van der Waals surface area (Å²) in [5, 5.41) is 4.25. The highest BCUT2D eigenvalue weighted by atomic mass is 35.5. The molecule has 3 aromatic carbocycles. The molecule has 0 bridgehead atoms. The fourth-order valence-corrected chi connectivity index (χ4v) is 5.35. The van der Waals surface area contributed by atoms with E-state index >= 15 is 0 Å². The number of nitrogens with zero attached hydrogens (tertiary/aromatic N) is 1. The molecule has 1 fully saturated rings. The van der Waals surface area contributed by atoms with Gasteiger partial charge in [0, 0.05) is 37.7 Å². The zero-order valence-corrected chi connectivity index (χ0v) is 23.0. The van der Waals surface area contributed by atoms with E-state index in [0.29, 0.717) is 19.1 Å². The molecule has 0 unspecified atom stereocenters. The first-order chi connectivity index (χ1) is 18.6. The molecule has 0 saturated carbocycles. The summed E-state index contributed by atoms with van der Waals surface area (Å²) in [4.78, 5) is 2.39. The second-order valence-electron chi connectivity index (χ2n) is 10.0. The molecule has 2 aliphatic heterocycles. The highest BCUT2D eigenvalue weighted by molar-refractivity contribution is 6.31. The van der Waals surface area contributed by atoms with Crippen LogP contribution in [0, 0.1) is 6.92 Å². The van der Waals surface area contributed by atoms with E-state index in [4.69, 9.17) is 30.5 Å². The first-order valence-electron chi connectivity index (χ1n) is 13.5. The van der Waals surface area contributed by atoms with Crippen LogP contribution in [0.5, 0.6) is 17.2 Å². The normalized spacial score (nSPS) is 19.1. The molecule has 6 nitrogen and oxygen atoms in total. The molecule has 0 radical (unpaired) electrons. The second kappa shape index (κ2) is 12.9. The molecule has 0 aromatic heterocycles. The van der Waals surface area contributed by atoms with Crippen LogP contribution in [0.1, 0.15) is 35.4 Å². The number of aryl methyl sites for hydroxylation is 1. The predicted molar refractivity (Wildman–Crippen MR) is 152 cm³/mol. The maximum atomic E-state index is 6.53. The molecule has 2 aliphatic rings. The van der Waals surface area contributed by atoms with Gasteiger partial charge in [-0.15, -0.1) is 0 Å². The quantitative estimate of drug-likeness (QED) is 0.305. The fourth-order valence-electron chi connectivity index (χ4n) is 5.23. The Morgan fingerprint density at radius 2 is 1.89 bits per heavy atom. The van der Waals surface area contributed by atoms with E-state index in [1.807, 2.05) is 37.3 Å². The Labute approximate surface area is 230 Å². The van der Waals surface area contributed by atoms with Gasteiger partial charge in [-0.3, -0.25) is 0 Å². The summed E-state index contributed by atoms with van der Waals surface area (Å²) in [5.74, 6) is 2.88. The maximum absolute atomic E-state index is 6.53. The number of hydrogen-bond donors (Lipinski definition) is 1. The van der Waals surface area contributed by atoms with Crippen LogP contribution < -0.4 is 19.7 Å². The number of anilines is 1. The Kier molecular flexibility index (Phi) is 9.07.